The molecule has 1 unspecified atom stereocenters. The van der Waals surface area contributed by atoms with Crippen molar-refractivity contribution in [2.45, 2.75) is 32.1 Å². The maximum atomic E-state index is 14.0. The van der Waals surface area contributed by atoms with Gasteiger partial charge in [-0.1, -0.05) is 26.0 Å². The lowest BCUT2D eigenvalue weighted by molar-refractivity contribution is 0.0948. The number of carbonyl (C=O) groups is 1. The van der Waals surface area contributed by atoms with E-state index in [2.05, 4.69) is 5.10 Å². The lowest BCUT2D eigenvalue weighted by Gasteiger charge is -2.36. The van der Waals surface area contributed by atoms with Crippen molar-refractivity contribution in [1.82, 2.24) is 19.0 Å². The van der Waals surface area contributed by atoms with E-state index in [1.807, 2.05) is 13.8 Å². The molecule has 0 spiro atoms. The summed E-state index contributed by atoms with van der Waals surface area (Å²) in [6.45, 7) is 5.39. The summed E-state index contributed by atoms with van der Waals surface area (Å²) in [5.41, 5.74) is 6.28. The van der Waals surface area contributed by atoms with Gasteiger partial charge in [-0.25, -0.2) is 22.0 Å². The van der Waals surface area contributed by atoms with Crippen LogP contribution in [0.2, 0.25) is 0 Å². The van der Waals surface area contributed by atoms with Crippen LogP contribution in [-0.4, -0.2) is 85.5 Å². The quantitative estimate of drug-likeness (QED) is 0.348. The second-order valence-corrected chi connectivity index (χ2v) is 13.5. The summed E-state index contributed by atoms with van der Waals surface area (Å²) in [6, 6.07) is 9.35. The van der Waals surface area contributed by atoms with Crippen molar-refractivity contribution in [3.63, 3.8) is 0 Å². The third-order valence-electron chi connectivity index (χ3n) is 7.51. The number of sulfonamides is 1. The molecule has 45 heavy (non-hydrogen) atoms. The predicted octanol–water partition coefficient (Wildman–Crippen LogP) is 2.99. The normalized spacial score (nSPS) is 17.6. The number of hydrogen-bond donors (Lipinski definition) is 1. The van der Waals surface area contributed by atoms with Gasteiger partial charge in [0.15, 0.2) is 0 Å². The van der Waals surface area contributed by atoms with E-state index in [1.54, 1.807) is 29.2 Å². The fraction of sp³-hybridized carbons (Fsp3) is 0.433. The minimum atomic E-state index is -3.65. The molecule has 15 heteroatoms. The molecule has 1 atom stereocenters. The van der Waals surface area contributed by atoms with Crippen molar-refractivity contribution in [2.75, 3.05) is 56.5 Å². The lowest BCUT2D eigenvalue weighted by atomic mass is 10.2. The van der Waals surface area contributed by atoms with Crippen LogP contribution in [0.3, 0.4) is 0 Å². The van der Waals surface area contributed by atoms with Gasteiger partial charge in [0, 0.05) is 50.9 Å². The van der Waals surface area contributed by atoms with Gasteiger partial charge >= 0.3 is 11.7 Å². The first-order valence-electron chi connectivity index (χ1n) is 14.6. The summed E-state index contributed by atoms with van der Waals surface area (Å²) in [7, 11) is -3.65. The van der Waals surface area contributed by atoms with E-state index in [0.29, 0.717) is 36.0 Å². The number of aromatic nitrogens is 2. The molecule has 0 saturated carbocycles. The number of nitrogen functional groups attached to an aromatic ring is 1. The summed E-state index contributed by atoms with van der Waals surface area (Å²) in [5, 5.41) is 4.18. The number of amides is 1. The number of anilines is 2. The second-order valence-electron chi connectivity index (χ2n) is 11.5. The largest absolute Gasteiger partial charge is 0.481 e. The predicted molar refractivity (Wildman–Crippen MR) is 164 cm³/mol. The molecule has 3 aromatic rings. The Morgan fingerprint density at radius 2 is 1.78 bits per heavy atom. The smallest absolute Gasteiger partial charge is 0.409 e. The van der Waals surface area contributed by atoms with Gasteiger partial charge in [0.2, 0.25) is 15.8 Å². The maximum Gasteiger partial charge on any atom is 0.409 e. The van der Waals surface area contributed by atoms with E-state index in [1.165, 1.54) is 15.4 Å². The van der Waals surface area contributed by atoms with Crippen LogP contribution in [0.4, 0.5) is 25.0 Å². The molecule has 1 amide bonds. The van der Waals surface area contributed by atoms with Crippen LogP contribution in [0.1, 0.15) is 25.8 Å². The highest BCUT2D eigenvalue weighted by Crippen LogP contribution is 2.29. The molecule has 2 aliphatic heterocycles. The number of hydrogen-bond acceptors (Lipinski definition) is 9. The van der Waals surface area contributed by atoms with E-state index >= 15 is 0 Å². The molecule has 3 heterocycles. The van der Waals surface area contributed by atoms with Crippen molar-refractivity contribution < 1.29 is 31.5 Å². The molecule has 2 saturated heterocycles. The summed E-state index contributed by atoms with van der Waals surface area (Å²) in [5.74, 6) is -1.92. The lowest BCUT2D eigenvalue weighted by Crippen LogP contribution is -2.49. The summed E-state index contributed by atoms with van der Waals surface area (Å²) in [6.07, 6.45) is 0.735. The third kappa shape index (κ3) is 7.71. The Hall–Kier alpha value is -4.24. The van der Waals surface area contributed by atoms with Crippen LogP contribution in [0.5, 0.6) is 5.75 Å². The number of piperazine rings is 1. The Bertz CT molecular complexity index is 1690. The number of nitrogens with zero attached hydrogens (tertiary/aromatic N) is 5. The van der Waals surface area contributed by atoms with Crippen LogP contribution in [0.25, 0.3) is 5.69 Å². The Morgan fingerprint density at radius 1 is 1.07 bits per heavy atom. The molecule has 2 aromatic carbocycles. The van der Waals surface area contributed by atoms with Crippen LogP contribution >= 0.6 is 0 Å². The van der Waals surface area contributed by atoms with Gasteiger partial charge in [0.1, 0.15) is 23.4 Å². The Balaban J connectivity index is 1.37. The zero-order chi connectivity index (χ0) is 32.3. The number of likely N-dealkylation sites (tertiary alicyclic amines) is 1. The van der Waals surface area contributed by atoms with Crippen molar-refractivity contribution >= 4 is 27.5 Å². The summed E-state index contributed by atoms with van der Waals surface area (Å²) in [4.78, 5) is 29.6. The minimum Gasteiger partial charge on any atom is -0.481 e. The highest BCUT2D eigenvalue weighted by atomic mass is 32.2. The molecule has 242 valence electrons. The second kappa shape index (κ2) is 13.4. The van der Waals surface area contributed by atoms with E-state index in [-0.39, 0.29) is 62.4 Å². The molecule has 2 N–H and O–H groups in total. The van der Waals surface area contributed by atoms with E-state index in [0.717, 1.165) is 16.8 Å². The minimum absolute atomic E-state index is 0.117. The number of rotatable bonds is 9. The molecule has 0 aliphatic carbocycles. The number of nitrogens with two attached hydrogens (primary N) is 1. The van der Waals surface area contributed by atoms with Gasteiger partial charge in [-0.2, -0.15) is 14.1 Å². The van der Waals surface area contributed by atoms with E-state index < -0.39 is 39.4 Å². The zero-order valence-electron chi connectivity index (χ0n) is 25.1. The van der Waals surface area contributed by atoms with Crippen LogP contribution < -0.4 is 20.9 Å². The van der Waals surface area contributed by atoms with Crippen LogP contribution in [0, 0.1) is 17.6 Å². The summed E-state index contributed by atoms with van der Waals surface area (Å²) < 4.78 is 68.2. The topological polar surface area (TPSA) is 140 Å². The molecular weight excluding hydrogens is 610 g/mol. The molecule has 0 radical (unpaired) electrons. The zero-order valence-corrected chi connectivity index (χ0v) is 25.9. The number of halogens is 2. The van der Waals surface area contributed by atoms with Gasteiger partial charge in [0.25, 0.3) is 0 Å². The highest BCUT2D eigenvalue weighted by Gasteiger charge is 2.33. The average Bonchev–Trinajstić information content (AvgIpc) is 3.45. The fourth-order valence-corrected chi connectivity index (χ4v) is 6.79. The Labute approximate surface area is 260 Å². The number of carbonyl (C=O) groups excluding carboxylic acids is 1. The van der Waals surface area contributed by atoms with Crippen molar-refractivity contribution in [3.05, 3.63) is 76.2 Å². The van der Waals surface area contributed by atoms with Crippen LogP contribution in [-0.2, 0) is 20.5 Å². The first kappa shape index (κ1) is 32.2. The van der Waals surface area contributed by atoms with Crippen molar-refractivity contribution in [3.8, 4) is 11.4 Å². The molecule has 1 aromatic heterocycles. The van der Waals surface area contributed by atoms with E-state index in [9.17, 15) is 26.8 Å². The van der Waals surface area contributed by atoms with Crippen molar-refractivity contribution in [2.24, 2.45) is 5.92 Å². The fourth-order valence-electron chi connectivity index (χ4n) is 5.29. The Morgan fingerprint density at radius 3 is 2.44 bits per heavy atom. The van der Waals surface area contributed by atoms with Gasteiger partial charge in [-0.3, -0.25) is 4.79 Å². The SMILES string of the molecule is CC(C)COC(=O)N1CCC(Oc2c(N3CCN(S(=O)(=O)Cc4cccc(N)c4)CC3)cnn(-c3cc(F)cc(F)c3)c2=O)C1. The molecule has 2 fully saturated rings. The monoisotopic (exact) mass is 646 g/mol. The average molecular weight is 647 g/mol. The Kier molecular flexibility index (Phi) is 9.58. The van der Waals surface area contributed by atoms with Gasteiger partial charge < -0.3 is 25.0 Å². The number of ether oxygens (including phenoxy) is 2. The van der Waals surface area contributed by atoms with Gasteiger partial charge in [-0.15, -0.1) is 0 Å². The maximum absolute atomic E-state index is 14.0. The first-order valence-corrected chi connectivity index (χ1v) is 16.2. The molecule has 2 aliphatic rings. The third-order valence-corrected chi connectivity index (χ3v) is 9.36. The summed E-state index contributed by atoms with van der Waals surface area (Å²) >= 11 is 0. The van der Waals surface area contributed by atoms with E-state index in [4.69, 9.17) is 15.2 Å². The first-order chi connectivity index (χ1) is 21.4. The van der Waals surface area contributed by atoms with Crippen LogP contribution in [0.15, 0.2) is 53.5 Å². The van der Waals surface area contributed by atoms with Gasteiger partial charge in [-0.05, 0) is 35.7 Å². The highest BCUT2D eigenvalue weighted by molar-refractivity contribution is 7.88. The molecule has 5 rings (SSSR count). The van der Waals surface area contributed by atoms with Gasteiger partial charge in [0.05, 0.1) is 30.8 Å². The van der Waals surface area contributed by atoms with Crippen molar-refractivity contribution in [1.29, 1.82) is 0 Å². The molecule has 12 nitrogen and oxygen atoms in total. The molecule has 0 bridgehead atoms. The number of benzene rings is 2. The molecular formula is C30H36F2N6O6S. The standard InChI is InChI=1S/C30H36F2N6O6S/c1-20(2)18-43-30(40)36-7-6-26(17-36)44-28-27(16-34-38(29(28)39)25-14-22(31)13-23(32)15-25)35-8-10-37(11-9-35)45(41,42)19-21-4-3-5-24(33)12-21/h3-5,12-16,20,26H,6-11,17-19,33H2,1-2H3.